The Morgan fingerprint density at radius 2 is 1.93 bits per heavy atom. The van der Waals surface area contributed by atoms with Crippen LogP contribution in [0.25, 0.3) is 0 Å². The van der Waals surface area contributed by atoms with E-state index in [9.17, 15) is 5.11 Å². The van der Waals surface area contributed by atoms with Crippen molar-refractivity contribution >= 4 is 0 Å². The first-order chi connectivity index (χ1) is 6.21. The van der Waals surface area contributed by atoms with Gasteiger partial charge in [-0.15, -0.1) is 0 Å². The second-order valence-corrected chi connectivity index (χ2v) is 5.39. The zero-order chi connectivity index (χ0) is 11.0. The molecule has 1 heterocycles. The summed E-state index contributed by atoms with van der Waals surface area (Å²) >= 11 is 0. The zero-order valence-electron chi connectivity index (χ0n) is 9.70. The molecule has 1 unspecified atom stereocenters. The Hall–Kier alpha value is -0.830. The van der Waals surface area contributed by atoms with E-state index in [1.165, 1.54) is 0 Å². The van der Waals surface area contributed by atoms with Crippen LogP contribution in [-0.4, -0.2) is 14.9 Å². The molecule has 3 nitrogen and oxygen atoms in total. The van der Waals surface area contributed by atoms with Crippen LogP contribution in [0.3, 0.4) is 0 Å². The van der Waals surface area contributed by atoms with Gasteiger partial charge in [0.05, 0.1) is 5.69 Å². The predicted molar refractivity (Wildman–Crippen MR) is 56.9 cm³/mol. The molecule has 0 saturated carbocycles. The molecule has 80 valence electrons. The Bertz CT molecular complexity index is 307. The second-order valence-electron chi connectivity index (χ2n) is 5.39. The van der Waals surface area contributed by atoms with Gasteiger partial charge in [-0.2, -0.15) is 5.10 Å². The van der Waals surface area contributed by atoms with E-state index in [0.717, 1.165) is 5.69 Å². The molecule has 0 aliphatic carbocycles. The molecule has 0 fully saturated rings. The van der Waals surface area contributed by atoms with Crippen LogP contribution in [-0.2, 0) is 12.6 Å². The summed E-state index contributed by atoms with van der Waals surface area (Å²) in [6.07, 6.45) is 2.56. The first-order valence-electron chi connectivity index (χ1n) is 4.93. The minimum Gasteiger partial charge on any atom is -0.384 e. The van der Waals surface area contributed by atoms with Crippen molar-refractivity contribution in [1.29, 1.82) is 0 Å². The maximum absolute atomic E-state index is 10.3. The molecule has 1 rings (SSSR count). The van der Waals surface area contributed by atoms with Gasteiger partial charge < -0.3 is 5.11 Å². The van der Waals surface area contributed by atoms with Gasteiger partial charge in [-0.1, -0.05) is 20.8 Å². The molecule has 1 aromatic heterocycles. The lowest BCUT2D eigenvalue weighted by Gasteiger charge is -2.29. The molecule has 1 N–H and O–H groups in total. The third-order valence-corrected chi connectivity index (χ3v) is 2.14. The Balaban J connectivity index is 2.85. The molecule has 1 aromatic rings. The van der Waals surface area contributed by atoms with Crippen LogP contribution in [0.4, 0.5) is 0 Å². The van der Waals surface area contributed by atoms with E-state index in [0.29, 0.717) is 6.42 Å². The Labute approximate surface area is 85.8 Å². The van der Waals surface area contributed by atoms with Gasteiger partial charge in [0.2, 0.25) is 0 Å². The number of nitrogens with zero attached hydrogens (tertiary/aromatic N) is 2. The Kier molecular flexibility index (Phi) is 2.72. The van der Waals surface area contributed by atoms with E-state index in [2.05, 4.69) is 25.9 Å². The van der Waals surface area contributed by atoms with E-state index in [1.807, 2.05) is 26.2 Å². The van der Waals surface area contributed by atoms with Crippen molar-refractivity contribution in [2.24, 2.45) is 12.5 Å². The van der Waals surface area contributed by atoms with Gasteiger partial charge in [0, 0.05) is 13.2 Å². The first kappa shape index (κ1) is 11.2. The highest BCUT2D eigenvalue weighted by atomic mass is 16.3. The second kappa shape index (κ2) is 3.39. The van der Waals surface area contributed by atoms with Gasteiger partial charge >= 0.3 is 0 Å². The van der Waals surface area contributed by atoms with E-state index in [-0.39, 0.29) is 5.41 Å². The van der Waals surface area contributed by atoms with E-state index >= 15 is 0 Å². The molecular formula is C11H20N2O. The van der Waals surface area contributed by atoms with Crippen molar-refractivity contribution in [3.8, 4) is 0 Å². The summed E-state index contributed by atoms with van der Waals surface area (Å²) in [7, 11) is 1.86. The third-order valence-electron chi connectivity index (χ3n) is 2.14. The maximum Gasteiger partial charge on any atom is 0.106 e. The number of aliphatic hydroxyl groups is 1. The summed E-state index contributed by atoms with van der Waals surface area (Å²) in [5.74, 6) is 0. The molecular weight excluding hydrogens is 176 g/mol. The summed E-state index contributed by atoms with van der Waals surface area (Å²) in [4.78, 5) is 0. The molecule has 0 amide bonds. The molecule has 0 saturated heterocycles. The van der Waals surface area contributed by atoms with Crippen LogP contribution in [0.1, 0.15) is 39.8 Å². The molecule has 3 heteroatoms. The number of aromatic nitrogens is 2. The molecule has 0 aliphatic heterocycles. The lowest BCUT2D eigenvalue weighted by Crippen LogP contribution is -2.28. The number of hydrogen-bond acceptors (Lipinski definition) is 2. The van der Waals surface area contributed by atoms with Crippen molar-refractivity contribution < 1.29 is 5.11 Å². The highest BCUT2D eigenvalue weighted by Crippen LogP contribution is 2.33. The zero-order valence-corrected chi connectivity index (χ0v) is 9.70. The lowest BCUT2D eigenvalue weighted by molar-refractivity contribution is 0.0107. The fourth-order valence-corrected chi connectivity index (χ4v) is 1.83. The summed E-state index contributed by atoms with van der Waals surface area (Å²) in [5, 5.41) is 14.5. The highest BCUT2D eigenvalue weighted by molar-refractivity contribution is 5.09. The average molecular weight is 196 g/mol. The SMILES string of the molecule is Cn1ccc(C(C)(O)CC(C)(C)C)n1. The van der Waals surface area contributed by atoms with Gasteiger partial charge in [-0.25, -0.2) is 0 Å². The minimum absolute atomic E-state index is 0.0982. The molecule has 0 bridgehead atoms. The van der Waals surface area contributed by atoms with Crippen LogP contribution >= 0.6 is 0 Å². The van der Waals surface area contributed by atoms with E-state index in [4.69, 9.17) is 0 Å². The van der Waals surface area contributed by atoms with Crippen molar-refractivity contribution in [2.75, 3.05) is 0 Å². The number of aryl methyl sites for hydroxylation is 1. The smallest absolute Gasteiger partial charge is 0.106 e. The van der Waals surface area contributed by atoms with Gasteiger partial charge in [0.15, 0.2) is 0 Å². The molecule has 0 spiro atoms. The predicted octanol–water partition coefficient (Wildman–Crippen LogP) is 2.06. The average Bonchev–Trinajstić information content (AvgIpc) is 2.29. The Morgan fingerprint density at radius 3 is 2.29 bits per heavy atom. The molecule has 1 atom stereocenters. The third kappa shape index (κ3) is 2.84. The summed E-state index contributed by atoms with van der Waals surface area (Å²) in [6, 6.07) is 1.87. The summed E-state index contributed by atoms with van der Waals surface area (Å²) < 4.78 is 1.71. The van der Waals surface area contributed by atoms with E-state index < -0.39 is 5.60 Å². The number of hydrogen-bond donors (Lipinski definition) is 1. The van der Waals surface area contributed by atoms with Crippen molar-refractivity contribution in [3.63, 3.8) is 0 Å². The topological polar surface area (TPSA) is 38.0 Å². The van der Waals surface area contributed by atoms with Crippen LogP contribution in [0.15, 0.2) is 12.3 Å². The minimum atomic E-state index is -0.834. The molecule has 14 heavy (non-hydrogen) atoms. The van der Waals surface area contributed by atoms with Crippen LogP contribution < -0.4 is 0 Å². The summed E-state index contributed by atoms with van der Waals surface area (Å²) in [5.41, 5.74) is 0.00972. The van der Waals surface area contributed by atoms with Crippen molar-refractivity contribution in [1.82, 2.24) is 9.78 Å². The van der Waals surface area contributed by atoms with Gasteiger partial charge in [0.25, 0.3) is 0 Å². The van der Waals surface area contributed by atoms with Crippen molar-refractivity contribution in [3.05, 3.63) is 18.0 Å². The largest absolute Gasteiger partial charge is 0.384 e. The van der Waals surface area contributed by atoms with E-state index in [1.54, 1.807) is 4.68 Å². The van der Waals surface area contributed by atoms with Crippen LogP contribution in [0.5, 0.6) is 0 Å². The molecule has 0 radical (unpaired) electrons. The maximum atomic E-state index is 10.3. The van der Waals surface area contributed by atoms with Gasteiger partial charge in [-0.3, -0.25) is 4.68 Å². The normalized spacial score (nSPS) is 16.7. The fraction of sp³-hybridized carbons (Fsp3) is 0.727. The fourth-order valence-electron chi connectivity index (χ4n) is 1.83. The van der Waals surface area contributed by atoms with Crippen LogP contribution in [0, 0.1) is 5.41 Å². The quantitative estimate of drug-likeness (QED) is 0.786. The molecule has 0 aliphatic rings. The Morgan fingerprint density at radius 1 is 1.36 bits per heavy atom. The van der Waals surface area contributed by atoms with Crippen LogP contribution in [0.2, 0.25) is 0 Å². The monoisotopic (exact) mass is 196 g/mol. The number of rotatable bonds is 2. The summed E-state index contributed by atoms with van der Waals surface area (Å²) in [6.45, 7) is 8.17. The molecule has 0 aromatic carbocycles. The first-order valence-corrected chi connectivity index (χ1v) is 4.93. The van der Waals surface area contributed by atoms with Gasteiger partial charge in [-0.05, 0) is 24.8 Å². The lowest BCUT2D eigenvalue weighted by atomic mass is 9.81. The van der Waals surface area contributed by atoms with Crippen molar-refractivity contribution in [2.45, 2.75) is 39.7 Å². The standard InChI is InChI=1S/C11H20N2O/c1-10(2,3)8-11(4,14)9-6-7-13(5)12-9/h6-7,14H,8H2,1-5H3. The van der Waals surface area contributed by atoms with Gasteiger partial charge in [0.1, 0.15) is 5.60 Å². The highest BCUT2D eigenvalue weighted by Gasteiger charge is 2.31.